The van der Waals surface area contributed by atoms with Crippen LogP contribution < -0.4 is 11.1 Å². The normalized spacial score (nSPS) is 9.00. The lowest BCUT2D eigenvalue weighted by Gasteiger charge is -2.00. The monoisotopic (exact) mass is 206 g/mol. The molecule has 3 nitrogen and oxygen atoms in total. The molecule has 0 aliphatic heterocycles. The van der Waals surface area contributed by atoms with Crippen molar-refractivity contribution in [1.29, 1.82) is 0 Å². The van der Waals surface area contributed by atoms with Gasteiger partial charge < -0.3 is 11.1 Å². The molecular formula is C6H11BrN2O. The lowest BCUT2D eigenvalue weighted by Crippen LogP contribution is -2.26. The van der Waals surface area contributed by atoms with Crippen LogP contribution in [0.1, 0.15) is 6.42 Å². The van der Waals surface area contributed by atoms with Crippen LogP contribution in [-0.4, -0.2) is 19.0 Å². The van der Waals surface area contributed by atoms with Gasteiger partial charge in [-0.25, -0.2) is 0 Å². The molecule has 0 bridgehead atoms. The van der Waals surface area contributed by atoms with Crippen molar-refractivity contribution in [2.45, 2.75) is 6.42 Å². The van der Waals surface area contributed by atoms with Gasteiger partial charge in [-0.2, -0.15) is 0 Å². The molecule has 0 aliphatic carbocycles. The van der Waals surface area contributed by atoms with Crippen LogP contribution in [0, 0.1) is 0 Å². The molecule has 3 N–H and O–H groups in total. The van der Waals surface area contributed by atoms with E-state index in [1.807, 2.05) is 0 Å². The summed E-state index contributed by atoms with van der Waals surface area (Å²) in [5, 5.41) is 2.62. The Bertz CT molecular complexity index is 136. The van der Waals surface area contributed by atoms with Gasteiger partial charge in [0.05, 0.1) is 0 Å². The molecule has 0 aliphatic rings. The number of carbonyl (C=O) groups is 1. The second-order valence-corrected chi connectivity index (χ2v) is 2.95. The van der Waals surface area contributed by atoms with E-state index in [0.29, 0.717) is 19.5 Å². The highest BCUT2D eigenvalue weighted by Crippen LogP contribution is 1.96. The average Bonchev–Trinajstić information content (AvgIpc) is 1.85. The highest BCUT2D eigenvalue weighted by Gasteiger charge is 1.96. The quantitative estimate of drug-likeness (QED) is 0.699. The number of halogens is 1. The summed E-state index contributed by atoms with van der Waals surface area (Å²) in [4.78, 5) is 10.7. The Kier molecular flexibility index (Phi) is 5.25. The zero-order valence-electron chi connectivity index (χ0n) is 5.69. The largest absolute Gasteiger partial charge is 0.351 e. The van der Waals surface area contributed by atoms with Crippen LogP contribution in [-0.2, 0) is 4.79 Å². The predicted octanol–water partition coefficient (Wildman–Crippen LogP) is 0.360. The Morgan fingerprint density at radius 1 is 1.70 bits per heavy atom. The Hall–Kier alpha value is -0.350. The van der Waals surface area contributed by atoms with Gasteiger partial charge in [0.2, 0.25) is 5.91 Å². The molecular weight excluding hydrogens is 196 g/mol. The second-order valence-electron chi connectivity index (χ2n) is 1.83. The third-order valence-electron chi connectivity index (χ3n) is 0.849. The molecule has 0 radical (unpaired) electrons. The minimum atomic E-state index is -0.0388. The molecule has 0 spiro atoms. The molecule has 0 saturated carbocycles. The molecule has 4 heteroatoms. The maximum atomic E-state index is 10.7. The van der Waals surface area contributed by atoms with Gasteiger partial charge in [-0.1, -0.05) is 22.5 Å². The summed E-state index contributed by atoms with van der Waals surface area (Å²) < 4.78 is 0.762. The van der Waals surface area contributed by atoms with E-state index in [0.717, 1.165) is 4.48 Å². The first kappa shape index (κ1) is 9.65. The summed E-state index contributed by atoms with van der Waals surface area (Å²) in [6.07, 6.45) is 0.375. The van der Waals surface area contributed by atoms with Gasteiger partial charge in [0.1, 0.15) is 0 Å². The fraction of sp³-hybridized carbons (Fsp3) is 0.500. The fourth-order valence-corrected chi connectivity index (χ4v) is 0.554. The molecule has 0 rings (SSSR count). The van der Waals surface area contributed by atoms with Crippen molar-refractivity contribution >= 4 is 21.8 Å². The zero-order valence-corrected chi connectivity index (χ0v) is 7.28. The minimum absolute atomic E-state index is 0.0388. The number of hydrogen-bond acceptors (Lipinski definition) is 2. The Morgan fingerprint density at radius 2 is 2.30 bits per heavy atom. The van der Waals surface area contributed by atoms with Crippen molar-refractivity contribution in [3.63, 3.8) is 0 Å². The maximum absolute atomic E-state index is 10.7. The minimum Gasteiger partial charge on any atom is -0.351 e. The summed E-state index contributed by atoms with van der Waals surface area (Å²) >= 11 is 3.11. The molecule has 10 heavy (non-hydrogen) atoms. The summed E-state index contributed by atoms with van der Waals surface area (Å²) in [5.74, 6) is -0.0388. The number of nitrogens with two attached hydrogens (primary N) is 1. The van der Waals surface area contributed by atoms with E-state index >= 15 is 0 Å². The highest BCUT2D eigenvalue weighted by molar-refractivity contribution is 9.11. The van der Waals surface area contributed by atoms with E-state index < -0.39 is 0 Å². The fourth-order valence-electron chi connectivity index (χ4n) is 0.414. The number of nitrogens with one attached hydrogen (secondary N) is 1. The third-order valence-corrected chi connectivity index (χ3v) is 1.13. The molecule has 0 atom stereocenters. The average molecular weight is 207 g/mol. The van der Waals surface area contributed by atoms with Crippen LogP contribution in [0.5, 0.6) is 0 Å². The van der Waals surface area contributed by atoms with Crippen LogP contribution in [0.25, 0.3) is 0 Å². The molecule has 1 amide bonds. The first-order chi connectivity index (χ1) is 4.66. The Balaban J connectivity index is 3.30. The third kappa shape index (κ3) is 5.78. The smallest absolute Gasteiger partial charge is 0.221 e. The van der Waals surface area contributed by atoms with E-state index in [2.05, 4.69) is 27.8 Å². The predicted molar refractivity (Wildman–Crippen MR) is 44.7 cm³/mol. The lowest BCUT2D eigenvalue weighted by atomic mass is 10.4. The van der Waals surface area contributed by atoms with Gasteiger partial charge in [-0.05, 0) is 0 Å². The molecule has 0 heterocycles. The Labute approximate surface area is 68.8 Å². The second kappa shape index (κ2) is 5.44. The van der Waals surface area contributed by atoms with Gasteiger partial charge in [-0.3, -0.25) is 4.79 Å². The Morgan fingerprint density at radius 3 is 2.70 bits per heavy atom. The van der Waals surface area contributed by atoms with E-state index in [-0.39, 0.29) is 5.91 Å². The van der Waals surface area contributed by atoms with Crippen molar-refractivity contribution in [3.05, 3.63) is 11.1 Å². The van der Waals surface area contributed by atoms with Crippen LogP contribution in [0.3, 0.4) is 0 Å². The summed E-state index contributed by atoms with van der Waals surface area (Å²) in [5.41, 5.74) is 5.14. The van der Waals surface area contributed by atoms with Gasteiger partial charge in [0.15, 0.2) is 0 Å². The molecule has 0 fully saturated rings. The maximum Gasteiger partial charge on any atom is 0.221 e. The van der Waals surface area contributed by atoms with Crippen LogP contribution >= 0.6 is 15.9 Å². The van der Waals surface area contributed by atoms with Gasteiger partial charge in [-0.15, -0.1) is 0 Å². The molecule has 0 unspecified atom stereocenters. The van der Waals surface area contributed by atoms with Gasteiger partial charge >= 0.3 is 0 Å². The molecule has 58 valence electrons. The summed E-state index contributed by atoms with van der Waals surface area (Å²) in [7, 11) is 0. The standard InChI is InChI=1S/C6H11BrN2O/c1-5(7)4-9-6(10)2-3-8/h1-4,8H2,(H,9,10). The summed E-state index contributed by atoms with van der Waals surface area (Å²) in [6.45, 7) is 4.42. The van der Waals surface area contributed by atoms with E-state index in [9.17, 15) is 4.79 Å². The van der Waals surface area contributed by atoms with Crippen molar-refractivity contribution in [1.82, 2.24) is 5.32 Å². The van der Waals surface area contributed by atoms with Crippen LogP contribution in [0.4, 0.5) is 0 Å². The highest BCUT2D eigenvalue weighted by atomic mass is 79.9. The topological polar surface area (TPSA) is 55.1 Å². The van der Waals surface area contributed by atoms with Crippen LogP contribution in [0.15, 0.2) is 11.1 Å². The molecule has 0 aromatic heterocycles. The van der Waals surface area contributed by atoms with E-state index in [1.54, 1.807) is 0 Å². The van der Waals surface area contributed by atoms with E-state index in [1.165, 1.54) is 0 Å². The van der Waals surface area contributed by atoms with Gasteiger partial charge in [0.25, 0.3) is 0 Å². The van der Waals surface area contributed by atoms with Gasteiger partial charge in [0, 0.05) is 24.0 Å². The number of amides is 1. The molecule has 0 aromatic carbocycles. The summed E-state index contributed by atoms with van der Waals surface area (Å²) in [6, 6.07) is 0. The van der Waals surface area contributed by atoms with E-state index in [4.69, 9.17) is 5.73 Å². The number of rotatable bonds is 4. The number of hydrogen-bond donors (Lipinski definition) is 2. The lowest BCUT2D eigenvalue weighted by molar-refractivity contribution is -0.120. The van der Waals surface area contributed by atoms with Crippen molar-refractivity contribution in [2.75, 3.05) is 13.1 Å². The van der Waals surface area contributed by atoms with Crippen molar-refractivity contribution < 1.29 is 4.79 Å². The molecule has 0 saturated heterocycles. The van der Waals surface area contributed by atoms with Crippen molar-refractivity contribution in [2.24, 2.45) is 5.73 Å². The number of carbonyl (C=O) groups excluding carboxylic acids is 1. The SMILES string of the molecule is C=C(Br)CNC(=O)CCN. The zero-order chi connectivity index (χ0) is 7.98. The first-order valence-electron chi connectivity index (χ1n) is 2.97. The first-order valence-corrected chi connectivity index (χ1v) is 3.76. The van der Waals surface area contributed by atoms with Crippen molar-refractivity contribution in [3.8, 4) is 0 Å². The van der Waals surface area contributed by atoms with Crippen LogP contribution in [0.2, 0.25) is 0 Å². The molecule has 0 aromatic rings.